The molecule has 1 heteroatoms. The summed E-state index contributed by atoms with van der Waals surface area (Å²) in [4.78, 5) is 0. The summed E-state index contributed by atoms with van der Waals surface area (Å²) < 4.78 is 0. The van der Waals surface area contributed by atoms with Gasteiger partial charge in [-0.05, 0) is 136 Å². The molecule has 0 aliphatic heterocycles. The molecule has 0 aliphatic carbocycles. The van der Waals surface area contributed by atoms with Crippen LogP contribution in [0.2, 0.25) is 16.6 Å². The van der Waals surface area contributed by atoms with Crippen LogP contribution in [0.15, 0.2) is 140 Å². The van der Waals surface area contributed by atoms with Gasteiger partial charge in [-0.25, -0.2) is 0 Å². The van der Waals surface area contributed by atoms with Crippen molar-refractivity contribution in [3.05, 3.63) is 173 Å². The van der Waals surface area contributed by atoms with Gasteiger partial charge in [0.25, 0.3) is 0 Å². The summed E-state index contributed by atoms with van der Waals surface area (Å²) in [7, 11) is -1.93. The van der Waals surface area contributed by atoms with Gasteiger partial charge in [-0.1, -0.05) is 193 Å². The fraction of sp³-hybridized carbons (Fsp3) is 0.213. The van der Waals surface area contributed by atoms with E-state index < -0.39 is 8.07 Å². The first-order valence-corrected chi connectivity index (χ1v) is 24.8. The van der Waals surface area contributed by atoms with Crippen molar-refractivity contribution in [2.45, 2.75) is 84.4 Å². The molecule has 0 spiro atoms. The number of hydrogen-bond donors (Lipinski definition) is 0. The first kappa shape index (κ1) is 40.8. The van der Waals surface area contributed by atoms with Crippen LogP contribution < -0.4 is 5.19 Å². The molecule has 0 bridgehead atoms. The van der Waals surface area contributed by atoms with Gasteiger partial charge in [0.15, 0.2) is 0 Å². The summed E-state index contributed by atoms with van der Waals surface area (Å²) in [5, 5.41) is 15.9. The summed E-state index contributed by atoms with van der Waals surface area (Å²) in [6, 6.07) is 50.9. The van der Waals surface area contributed by atoms with Crippen molar-refractivity contribution >= 4 is 77.9 Å². The molecule has 302 valence electrons. The Kier molecular flexibility index (Phi) is 11.0. The Hall–Kier alpha value is -6.56. The van der Waals surface area contributed by atoms with E-state index in [2.05, 4.69) is 212 Å². The Morgan fingerprint density at radius 2 is 0.871 bits per heavy atom. The van der Waals surface area contributed by atoms with Crippen molar-refractivity contribution in [1.82, 2.24) is 0 Å². The molecule has 0 radical (unpaired) electrons. The average Bonchev–Trinajstić information content (AvgIpc) is 3.28. The first-order chi connectivity index (χ1) is 30.2. The molecule has 0 unspecified atom stereocenters. The topological polar surface area (TPSA) is 0 Å². The SMILES string of the molecule is C#Cc1cccc2c(CCCC)c3cccc(C#Cc4c5ccccc5c(C#Cc5cccc6cc7cccc([Si](C(C)C)(C(C)C)C(C)C)c7cc56)c5ccccc45)c3cc12. The minimum Gasteiger partial charge on any atom is -0.115 e. The van der Waals surface area contributed by atoms with Gasteiger partial charge in [-0.2, -0.15) is 0 Å². The van der Waals surface area contributed by atoms with Crippen LogP contribution in [0.5, 0.6) is 0 Å². The van der Waals surface area contributed by atoms with Crippen LogP contribution in [0.3, 0.4) is 0 Å². The van der Waals surface area contributed by atoms with Crippen LogP contribution in [0.4, 0.5) is 0 Å². The van der Waals surface area contributed by atoms with Gasteiger partial charge in [-0.15, -0.1) is 6.42 Å². The van der Waals surface area contributed by atoms with E-state index in [1.165, 1.54) is 37.9 Å². The normalized spacial score (nSPS) is 11.8. The van der Waals surface area contributed by atoms with Crippen molar-refractivity contribution in [3.8, 4) is 36.0 Å². The number of terminal acetylenes is 1. The van der Waals surface area contributed by atoms with Crippen molar-refractivity contribution in [2.75, 3.05) is 0 Å². The molecule has 9 rings (SSSR count). The molecule has 0 amide bonds. The highest BCUT2D eigenvalue weighted by Crippen LogP contribution is 2.43. The second-order valence-electron chi connectivity index (χ2n) is 18.0. The van der Waals surface area contributed by atoms with Gasteiger partial charge in [0.1, 0.15) is 0 Å². The maximum absolute atomic E-state index is 6.06. The smallest absolute Gasteiger partial charge is 0.0950 e. The standard InChI is InChI=1S/C61H54Si/c1-9-11-25-48-53-30-17-20-43(10-2)58(53)39-59-45(22-18-31-54(48)59)34-36-56-51-28-14-12-26-49(51)55(50-27-13-15-29-52(50)56)35-33-44-21-16-23-46-37-47-24-19-32-61(60(47)38-57(44)46)62(40(3)4,41(5)6)42(7)8/h2,12-24,26-32,37-42H,9,11,25H2,1,3-8H3. The quantitative estimate of drug-likeness (QED) is 0.0854. The molecule has 0 aliphatic rings. The van der Waals surface area contributed by atoms with Gasteiger partial charge in [0, 0.05) is 27.8 Å². The number of benzene rings is 9. The van der Waals surface area contributed by atoms with E-state index >= 15 is 0 Å². The molecule has 0 atom stereocenters. The molecule has 9 aromatic carbocycles. The van der Waals surface area contributed by atoms with Gasteiger partial charge in [-0.3, -0.25) is 0 Å². The molecular formula is C61H54Si. The van der Waals surface area contributed by atoms with Gasteiger partial charge in [0.05, 0.1) is 8.07 Å². The number of fused-ring (bicyclic) bond motifs is 6. The van der Waals surface area contributed by atoms with E-state index in [0.29, 0.717) is 16.6 Å². The third kappa shape index (κ3) is 6.76. The number of unbranched alkanes of at least 4 members (excludes halogenated alkanes) is 1. The Morgan fingerprint density at radius 3 is 1.39 bits per heavy atom. The maximum Gasteiger partial charge on any atom is 0.0950 e. The van der Waals surface area contributed by atoms with E-state index in [9.17, 15) is 0 Å². The summed E-state index contributed by atoms with van der Waals surface area (Å²) >= 11 is 0. The lowest BCUT2D eigenvalue weighted by molar-refractivity contribution is 0.802. The second-order valence-corrected chi connectivity index (χ2v) is 23.9. The predicted octanol–water partition coefficient (Wildman–Crippen LogP) is 15.6. The molecule has 9 aromatic rings. The number of rotatable bonds is 7. The lowest BCUT2D eigenvalue weighted by Gasteiger charge is -2.44. The van der Waals surface area contributed by atoms with E-state index in [-0.39, 0.29) is 0 Å². The molecule has 0 fully saturated rings. The van der Waals surface area contributed by atoms with Crippen LogP contribution in [0, 0.1) is 36.0 Å². The third-order valence-corrected chi connectivity index (χ3v) is 21.0. The largest absolute Gasteiger partial charge is 0.115 e. The van der Waals surface area contributed by atoms with Gasteiger partial charge >= 0.3 is 0 Å². The van der Waals surface area contributed by atoms with E-state index in [0.717, 1.165) is 79.4 Å². The molecule has 0 N–H and O–H groups in total. The first-order valence-electron chi connectivity index (χ1n) is 22.5. The highest BCUT2D eigenvalue weighted by molar-refractivity contribution is 6.96. The number of hydrogen-bond acceptors (Lipinski definition) is 0. The van der Waals surface area contributed by atoms with E-state index in [1.54, 1.807) is 5.19 Å². The summed E-state index contributed by atoms with van der Waals surface area (Å²) in [6.07, 6.45) is 9.31. The van der Waals surface area contributed by atoms with Crippen LogP contribution >= 0.6 is 0 Å². The molecule has 62 heavy (non-hydrogen) atoms. The zero-order valence-electron chi connectivity index (χ0n) is 37.2. The summed E-state index contributed by atoms with van der Waals surface area (Å²) in [6.45, 7) is 17.0. The third-order valence-electron chi connectivity index (χ3n) is 13.9. The fourth-order valence-electron chi connectivity index (χ4n) is 11.2. The minimum absolute atomic E-state index is 0.617. The molecule has 0 aromatic heterocycles. The van der Waals surface area contributed by atoms with Crippen LogP contribution in [-0.4, -0.2) is 8.07 Å². The van der Waals surface area contributed by atoms with Crippen LogP contribution in [0.25, 0.3) is 64.6 Å². The molecule has 0 nitrogen and oxygen atoms in total. The lowest BCUT2D eigenvalue weighted by atomic mass is 9.89. The maximum atomic E-state index is 6.06. The monoisotopic (exact) mass is 814 g/mol. The van der Waals surface area contributed by atoms with E-state index in [4.69, 9.17) is 6.42 Å². The Balaban J connectivity index is 1.23. The fourth-order valence-corrected chi connectivity index (χ4v) is 18.2. The average molecular weight is 815 g/mol. The zero-order chi connectivity index (χ0) is 43.1. The predicted molar refractivity (Wildman–Crippen MR) is 274 cm³/mol. The summed E-state index contributed by atoms with van der Waals surface area (Å²) in [5.74, 6) is 17.9. The molecule has 0 saturated carbocycles. The lowest BCUT2D eigenvalue weighted by Crippen LogP contribution is -2.55. The number of aryl methyl sites for hydroxylation is 1. The minimum atomic E-state index is -1.93. The van der Waals surface area contributed by atoms with Crippen molar-refractivity contribution in [1.29, 1.82) is 0 Å². The van der Waals surface area contributed by atoms with Crippen molar-refractivity contribution < 1.29 is 0 Å². The van der Waals surface area contributed by atoms with E-state index in [1.807, 2.05) is 6.07 Å². The Labute approximate surface area is 369 Å². The highest BCUT2D eigenvalue weighted by atomic mass is 28.3. The second kappa shape index (κ2) is 16.7. The highest BCUT2D eigenvalue weighted by Gasteiger charge is 2.45. The molecule has 0 saturated heterocycles. The molecular weight excluding hydrogens is 761 g/mol. The van der Waals surface area contributed by atoms with Gasteiger partial charge < -0.3 is 0 Å². The Bertz CT molecular complexity index is 3320. The molecule has 0 heterocycles. The van der Waals surface area contributed by atoms with Crippen LogP contribution in [0.1, 0.15) is 94.7 Å². The van der Waals surface area contributed by atoms with Gasteiger partial charge in [0.2, 0.25) is 0 Å². The Morgan fingerprint density at radius 1 is 0.435 bits per heavy atom. The van der Waals surface area contributed by atoms with Crippen molar-refractivity contribution in [2.24, 2.45) is 0 Å². The van der Waals surface area contributed by atoms with Crippen LogP contribution in [-0.2, 0) is 6.42 Å². The van der Waals surface area contributed by atoms with Crippen molar-refractivity contribution in [3.63, 3.8) is 0 Å². The zero-order valence-corrected chi connectivity index (χ0v) is 38.2. The summed E-state index contributed by atoms with van der Waals surface area (Å²) in [5.41, 5.74) is 8.24.